The molecule has 0 aromatic carbocycles. The Kier molecular flexibility index (Phi) is 7.17. The number of nitrogens with one attached hydrogen (secondary N) is 1. The molecule has 0 spiro atoms. The lowest BCUT2D eigenvalue weighted by Gasteiger charge is -2.55. The third-order valence-electron chi connectivity index (χ3n) is 6.39. The highest BCUT2D eigenvalue weighted by atomic mass is 79.9. The van der Waals surface area contributed by atoms with Gasteiger partial charge < -0.3 is 8.98 Å². The Morgan fingerprint density at radius 2 is 1.79 bits per heavy atom. The summed E-state index contributed by atoms with van der Waals surface area (Å²) < 4.78 is 23.7. The minimum absolute atomic E-state index is 0.0474. The largest absolute Gasteiger partial charge is 0.598 e. The van der Waals surface area contributed by atoms with Gasteiger partial charge in [0, 0.05) is 28.6 Å². The molecule has 1 atom stereocenters. The van der Waals surface area contributed by atoms with Crippen LogP contribution in [0.4, 0.5) is 0 Å². The standard InChI is InChI=1S/C22H39BrN2O2SSi/c1-16-11-17(23)12-24-18(16)22(25-28(26)19(2,3)4)13-21(8,14-22)15-27-29(9,10)20(5,6)7/h11-12,25H,13-15H2,1-10H3. The van der Waals surface area contributed by atoms with Gasteiger partial charge in [-0.05, 0) is 91.6 Å². The fourth-order valence-corrected chi connectivity index (χ4v) is 6.23. The molecular weight excluding hydrogens is 464 g/mol. The lowest BCUT2D eigenvalue weighted by molar-refractivity contribution is -0.0179. The minimum Gasteiger partial charge on any atom is -0.598 e. The van der Waals surface area contributed by atoms with Crippen molar-refractivity contribution in [1.82, 2.24) is 9.71 Å². The zero-order chi connectivity index (χ0) is 22.5. The molecule has 1 N–H and O–H groups in total. The number of aryl methyl sites for hydroxylation is 1. The van der Waals surface area contributed by atoms with Gasteiger partial charge in [-0.2, -0.15) is 0 Å². The highest BCUT2D eigenvalue weighted by Gasteiger charge is 2.58. The average molecular weight is 504 g/mol. The molecule has 0 saturated heterocycles. The Morgan fingerprint density at radius 3 is 2.24 bits per heavy atom. The van der Waals surface area contributed by atoms with Crippen molar-refractivity contribution in [3.05, 3.63) is 28.0 Å². The fourth-order valence-electron chi connectivity index (χ4n) is 3.74. The number of halogens is 1. The average Bonchev–Trinajstić information content (AvgIpc) is 2.49. The van der Waals surface area contributed by atoms with Gasteiger partial charge in [0.05, 0.1) is 5.69 Å². The van der Waals surface area contributed by atoms with Gasteiger partial charge in [0.15, 0.2) is 8.32 Å². The van der Waals surface area contributed by atoms with Crippen LogP contribution in [0.5, 0.6) is 0 Å². The molecule has 0 bridgehead atoms. The fraction of sp³-hybridized carbons (Fsp3) is 0.773. The summed E-state index contributed by atoms with van der Waals surface area (Å²) in [5.74, 6) is 0. The summed E-state index contributed by atoms with van der Waals surface area (Å²) in [7, 11) is -1.81. The number of aromatic nitrogens is 1. The van der Waals surface area contributed by atoms with Crippen LogP contribution in [0.3, 0.4) is 0 Å². The summed E-state index contributed by atoms with van der Waals surface area (Å²) in [5.41, 5.74) is 1.79. The van der Waals surface area contributed by atoms with Crippen LogP contribution in [0.15, 0.2) is 16.7 Å². The van der Waals surface area contributed by atoms with E-state index >= 15 is 0 Å². The second-order valence-electron chi connectivity index (χ2n) is 11.6. The van der Waals surface area contributed by atoms with Crippen molar-refractivity contribution in [3.8, 4) is 0 Å². The third-order valence-corrected chi connectivity index (χ3v) is 13.0. The molecule has 1 aliphatic rings. The van der Waals surface area contributed by atoms with Crippen LogP contribution in [0.2, 0.25) is 18.1 Å². The highest BCUT2D eigenvalue weighted by molar-refractivity contribution is 9.10. The smallest absolute Gasteiger partial charge is 0.192 e. The number of hydrogen-bond acceptors (Lipinski definition) is 4. The Labute approximate surface area is 190 Å². The van der Waals surface area contributed by atoms with Gasteiger partial charge in [0.25, 0.3) is 0 Å². The van der Waals surface area contributed by atoms with Crippen LogP contribution < -0.4 is 4.72 Å². The summed E-state index contributed by atoms with van der Waals surface area (Å²) in [6.07, 6.45) is 3.57. The van der Waals surface area contributed by atoms with Crippen molar-refractivity contribution in [2.45, 2.75) is 96.6 Å². The first-order valence-electron chi connectivity index (χ1n) is 10.4. The van der Waals surface area contributed by atoms with Gasteiger partial charge in [-0.15, -0.1) is 4.72 Å². The van der Waals surface area contributed by atoms with Gasteiger partial charge in [-0.25, -0.2) is 0 Å². The minimum atomic E-state index is -1.81. The summed E-state index contributed by atoms with van der Waals surface area (Å²) >= 11 is 2.34. The van der Waals surface area contributed by atoms with Crippen molar-refractivity contribution in [1.29, 1.82) is 0 Å². The van der Waals surface area contributed by atoms with Crippen molar-refractivity contribution in [2.24, 2.45) is 5.41 Å². The lowest BCUT2D eigenvalue weighted by Crippen LogP contribution is -2.63. The maximum Gasteiger partial charge on any atom is 0.192 e. The van der Waals surface area contributed by atoms with Gasteiger partial charge in [-0.3, -0.25) is 4.98 Å². The molecule has 1 heterocycles. The zero-order valence-electron chi connectivity index (χ0n) is 19.8. The van der Waals surface area contributed by atoms with Crippen LogP contribution in [-0.2, 0) is 21.3 Å². The molecule has 0 radical (unpaired) electrons. The Bertz CT molecular complexity index is 737. The van der Waals surface area contributed by atoms with E-state index in [0.29, 0.717) is 0 Å². The summed E-state index contributed by atoms with van der Waals surface area (Å²) in [6.45, 7) is 22.5. The van der Waals surface area contributed by atoms with Crippen LogP contribution >= 0.6 is 15.9 Å². The number of pyridine rings is 1. The Hall–Kier alpha value is 0.0769. The summed E-state index contributed by atoms with van der Waals surface area (Å²) in [6, 6.07) is 2.09. The second-order valence-corrected chi connectivity index (χ2v) is 19.3. The van der Waals surface area contributed by atoms with Gasteiger partial charge in [-0.1, -0.05) is 27.7 Å². The van der Waals surface area contributed by atoms with E-state index < -0.39 is 19.7 Å². The zero-order valence-corrected chi connectivity index (χ0v) is 23.2. The van der Waals surface area contributed by atoms with Crippen molar-refractivity contribution < 1.29 is 8.98 Å². The molecule has 7 heteroatoms. The predicted molar refractivity (Wildman–Crippen MR) is 130 cm³/mol. The summed E-state index contributed by atoms with van der Waals surface area (Å²) in [4.78, 5) is 4.74. The van der Waals surface area contributed by atoms with Crippen LogP contribution in [0, 0.1) is 12.3 Å². The third kappa shape index (κ3) is 5.66. The normalized spacial score (nSPS) is 26.9. The van der Waals surface area contributed by atoms with E-state index in [-0.39, 0.29) is 20.7 Å². The Morgan fingerprint density at radius 1 is 1.24 bits per heavy atom. The van der Waals surface area contributed by atoms with E-state index in [2.05, 4.69) is 74.4 Å². The van der Waals surface area contributed by atoms with Crippen LogP contribution in [-0.4, -0.2) is 29.2 Å². The maximum atomic E-state index is 13.0. The predicted octanol–water partition coefficient (Wildman–Crippen LogP) is 6.22. The molecule has 4 nitrogen and oxygen atoms in total. The van der Waals surface area contributed by atoms with Gasteiger partial charge >= 0.3 is 0 Å². The SMILES string of the molecule is Cc1cc(Br)cnc1C1(N[S+]([O-])C(C)(C)C)CC(C)(CO[Si](C)(C)C(C)(C)C)C1. The molecule has 1 saturated carbocycles. The van der Waals surface area contributed by atoms with Gasteiger partial charge in [0.1, 0.15) is 10.3 Å². The second kappa shape index (κ2) is 8.21. The first kappa shape index (κ1) is 25.3. The van der Waals surface area contributed by atoms with Crippen LogP contribution in [0.1, 0.15) is 72.6 Å². The van der Waals surface area contributed by atoms with Crippen molar-refractivity contribution in [2.75, 3.05) is 6.61 Å². The number of hydrogen-bond donors (Lipinski definition) is 1. The van der Waals surface area contributed by atoms with E-state index in [4.69, 9.17) is 9.41 Å². The number of rotatable bonds is 6. The summed E-state index contributed by atoms with van der Waals surface area (Å²) in [5, 5.41) is 0.194. The van der Waals surface area contributed by atoms with Crippen LogP contribution in [0.25, 0.3) is 0 Å². The van der Waals surface area contributed by atoms with E-state index in [9.17, 15) is 4.55 Å². The van der Waals surface area contributed by atoms with Gasteiger partial charge in [0.2, 0.25) is 0 Å². The molecule has 2 rings (SSSR count). The molecule has 1 fully saturated rings. The first-order chi connectivity index (χ1) is 12.9. The monoisotopic (exact) mass is 502 g/mol. The molecule has 29 heavy (non-hydrogen) atoms. The molecule has 1 aliphatic carbocycles. The lowest BCUT2D eigenvalue weighted by atomic mass is 9.57. The molecule has 1 aromatic heterocycles. The molecule has 0 amide bonds. The van der Waals surface area contributed by atoms with E-state index in [1.165, 1.54) is 0 Å². The van der Waals surface area contributed by atoms with Crippen molar-refractivity contribution >= 4 is 35.6 Å². The van der Waals surface area contributed by atoms with Crippen molar-refractivity contribution in [3.63, 3.8) is 0 Å². The van der Waals surface area contributed by atoms with E-state index in [1.807, 2.05) is 27.0 Å². The number of nitrogens with zero attached hydrogens (tertiary/aromatic N) is 1. The van der Waals surface area contributed by atoms with E-state index in [1.54, 1.807) is 0 Å². The molecule has 0 aliphatic heterocycles. The van der Waals surface area contributed by atoms with E-state index in [0.717, 1.165) is 35.2 Å². The maximum absolute atomic E-state index is 13.0. The first-order valence-corrected chi connectivity index (χ1v) is 15.2. The quantitative estimate of drug-likeness (QED) is 0.370. The topological polar surface area (TPSA) is 57.2 Å². The Balaban J connectivity index is 2.26. The highest BCUT2D eigenvalue weighted by Crippen LogP contribution is 2.55. The molecule has 1 unspecified atom stereocenters. The molecular formula is C22H39BrN2O2SSi. The molecule has 1 aromatic rings. The molecule has 166 valence electrons.